The average molecular weight is 418 g/mol. The third kappa shape index (κ3) is 7.30. The van der Waals surface area contributed by atoms with Gasteiger partial charge < -0.3 is 20.1 Å². The quantitative estimate of drug-likeness (QED) is 0.544. The molecular weight excluding hydrogens is 399 g/mol. The van der Waals surface area contributed by atoms with Crippen molar-refractivity contribution in [3.8, 4) is 5.75 Å². The summed E-state index contributed by atoms with van der Waals surface area (Å²) in [4.78, 5) is 23.8. The number of rotatable bonds is 7. The zero-order valence-corrected chi connectivity index (χ0v) is 14.6. The fourth-order valence-corrected chi connectivity index (χ4v) is 1.86. The Labute approximate surface area is 143 Å². The molecule has 0 radical (unpaired) electrons. The van der Waals surface area contributed by atoms with Crippen LogP contribution < -0.4 is 10.5 Å². The van der Waals surface area contributed by atoms with Crippen LogP contribution in [0.3, 0.4) is 0 Å². The summed E-state index contributed by atoms with van der Waals surface area (Å²) >= 11 is 2.20. The lowest BCUT2D eigenvalue weighted by molar-refractivity contribution is -0.123. The predicted molar refractivity (Wildman–Crippen MR) is 91.6 cm³/mol. The van der Waals surface area contributed by atoms with Crippen LogP contribution in [-0.4, -0.2) is 43.7 Å². The molecule has 1 aromatic rings. The van der Waals surface area contributed by atoms with E-state index in [0.29, 0.717) is 12.2 Å². The molecule has 1 atom stereocenters. The molecule has 0 saturated carbocycles. The van der Waals surface area contributed by atoms with Crippen molar-refractivity contribution in [2.75, 3.05) is 20.7 Å². The van der Waals surface area contributed by atoms with Gasteiger partial charge in [-0.3, -0.25) is 4.79 Å². The van der Waals surface area contributed by atoms with E-state index in [-0.39, 0.29) is 12.5 Å². The van der Waals surface area contributed by atoms with Crippen molar-refractivity contribution in [2.45, 2.75) is 12.5 Å². The number of amides is 2. The summed E-state index contributed by atoms with van der Waals surface area (Å²) in [5.74, 6) is 0.531. The van der Waals surface area contributed by atoms with E-state index in [1.807, 2.05) is 24.3 Å². The number of carbonyl (C=O) groups is 2. The minimum atomic E-state index is -0.872. The first-order valence-corrected chi connectivity index (χ1v) is 7.68. The molecule has 0 saturated heterocycles. The van der Waals surface area contributed by atoms with Gasteiger partial charge in [0.1, 0.15) is 18.5 Å². The van der Waals surface area contributed by atoms with E-state index in [1.165, 1.54) is 11.0 Å². The Kier molecular flexibility index (Phi) is 7.72. The molecule has 0 spiro atoms. The maximum atomic E-state index is 11.4. The number of carbonyl (C=O) groups excluding carboxylic acids is 2. The Bertz CT molecular complexity index is 529. The molecule has 0 fully saturated rings. The second-order valence-electron chi connectivity index (χ2n) is 4.69. The molecule has 0 heterocycles. The van der Waals surface area contributed by atoms with Crippen molar-refractivity contribution in [3.63, 3.8) is 0 Å². The number of likely N-dealkylation sites (N-methyl/N-ethyl adjacent to an activating group) is 1. The Morgan fingerprint density at radius 3 is 2.50 bits per heavy atom. The highest BCUT2D eigenvalue weighted by Crippen LogP contribution is 2.14. The van der Waals surface area contributed by atoms with Gasteiger partial charge in [0, 0.05) is 24.1 Å². The zero-order chi connectivity index (χ0) is 16.5. The van der Waals surface area contributed by atoms with Crippen molar-refractivity contribution in [2.24, 2.45) is 5.73 Å². The summed E-state index contributed by atoms with van der Waals surface area (Å²) < 4.78 is 11.6. The highest BCUT2D eigenvalue weighted by molar-refractivity contribution is 14.1. The van der Waals surface area contributed by atoms with Crippen molar-refractivity contribution in [1.29, 1.82) is 0 Å². The van der Waals surface area contributed by atoms with Crippen LogP contribution in [0.5, 0.6) is 5.75 Å². The summed E-state index contributed by atoms with van der Waals surface area (Å²) in [7, 11) is 3.31. The first-order chi connectivity index (χ1) is 10.4. The fourth-order valence-electron chi connectivity index (χ4n) is 1.50. The molecule has 0 aliphatic heterocycles. The maximum Gasteiger partial charge on any atom is 0.404 e. The lowest BCUT2D eigenvalue weighted by Crippen LogP contribution is -2.28. The number of primary amides is 1. The highest BCUT2D eigenvalue weighted by Gasteiger charge is 2.12. The van der Waals surface area contributed by atoms with Gasteiger partial charge in [0.2, 0.25) is 5.91 Å². The van der Waals surface area contributed by atoms with Gasteiger partial charge in [-0.05, 0) is 52.9 Å². The second-order valence-corrected chi connectivity index (χ2v) is 5.94. The number of ether oxygens (including phenoxy) is 2. The van der Waals surface area contributed by atoms with Crippen LogP contribution in [0.4, 0.5) is 4.79 Å². The molecule has 1 aromatic carbocycles. The van der Waals surface area contributed by atoms with Crippen LogP contribution in [0.2, 0.25) is 0 Å². The largest absolute Gasteiger partial charge is 0.490 e. The van der Waals surface area contributed by atoms with Gasteiger partial charge in [0.15, 0.2) is 0 Å². The van der Waals surface area contributed by atoms with Crippen molar-refractivity contribution < 1.29 is 19.1 Å². The van der Waals surface area contributed by atoms with E-state index >= 15 is 0 Å². The Morgan fingerprint density at radius 1 is 1.32 bits per heavy atom. The second kappa shape index (κ2) is 9.29. The van der Waals surface area contributed by atoms with Gasteiger partial charge in [0.25, 0.3) is 0 Å². The number of nitrogens with zero attached hydrogens (tertiary/aromatic N) is 1. The first-order valence-electron chi connectivity index (χ1n) is 6.60. The Hall–Kier alpha value is -1.77. The molecule has 0 bridgehead atoms. The van der Waals surface area contributed by atoms with E-state index in [2.05, 4.69) is 22.6 Å². The summed E-state index contributed by atoms with van der Waals surface area (Å²) in [6, 6.07) is 7.48. The number of nitrogens with two attached hydrogens (primary N) is 1. The normalized spacial score (nSPS) is 12.0. The fraction of sp³-hybridized carbons (Fsp3) is 0.333. The lowest BCUT2D eigenvalue weighted by atomic mass is 10.2. The van der Waals surface area contributed by atoms with Crippen LogP contribution >= 0.6 is 22.6 Å². The predicted octanol–water partition coefficient (Wildman–Crippen LogP) is 2.17. The zero-order valence-electron chi connectivity index (χ0n) is 12.5. The van der Waals surface area contributed by atoms with E-state index < -0.39 is 12.2 Å². The van der Waals surface area contributed by atoms with Crippen molar-refractivity contribution in [1.82, 2.24) is 4.90 Å². The molecule has 2 N–H and O–H groups in total. The van der Waals surface area contributed by atoms with E-state index in [4.69, 9.17) is 15.2 Å². The Morgan fingerprint density at radius 2 is 1.95 bits per heavy atom. The van der Waals surface area contributed by atoms with E-state index in [1.54, 1.807) is 20.2 Å². The van der Waals surface area contributed by atoms with Crippen molar-refractivity contribution >= 4 is 34.6 Å². The van der Waals surface area contributed by atoms with Gasteiger partial charge in [-0.25, -0.2) is 4.79 Å². The van der Waals surface area contributed by atoms with Crippen LogP contribution in [0, 0.1) is 3.57 Å². The van der Waals surface area contributed by atoms with E-state index in [0.717, 1.165) is 3.57 Å². The molecule has 0 aliphatic carbocycles. The molecular formula is C15H19IN2O4. The molecule has 120 valence electrons. The molecule has 1 unspecified atom stereocenters. The molecule has 0 aromatic heterocycles. The standard InChI is InChI=1S/C15H19IN2O4/c1-18(2)14(19)5-3-4-13(22-15(17)20)10-21-12-8-6-11(16)7-9-12/h3,5-9,13H,4,10H2,1-2H3,(H2,17,20)/b5-3+. The molecule has 22 heavy (non-hydrogen) atoms. The van der Waals surface area contributed by atoms with Gasteiger partial charge >= 0.3 is 6.09 Å². The number of halogens is 1. The molecule has 0 aliphatic rings. The number of hydrogen-bond acceptors (Lipinski definition) is 4. The maximum absolute atomic E-state index is 11.4. The van der Waals surface area contributed by atoms with Gasteiger partial charge in [-0.15, -0.1) is 0 Å². The van der Waals surface area contributed by atoms with Crippen LogP contribution in [0.25, 0.3) is 0 Å². The SMILES string of the molecule is CN(C)C(=O)/C=C/CC(COc1ccc(I)cc1)OC(N)=O. The van der Waals surface area contributed by atoms with Gasteiger partial charge in [0.05, 0.1) is 0 Å². The van der Waals surface area contributed by atoms with E-state index in [9.17, 15) is 9.59 Å². The summed E-state index contributed by atoms with van der Waals surface area (Å²) in [6.07, 6.45) is 1.97. The smallest absolute Gasteiger partial charge is 0.404 e. The molecule has 2 amide bonds. The summed E-state index contributed by atoms with van der Waals surface area (Å²) in [6.45, 7) is 0.157. The minimum absolute atomic E-state index is 0.142. The number of benzene rings is 1. The lowest BCUT2D eigenvalue weighted by Gasteiger charge is -2.16. The van der Waals surface area contributed by atoms with Crippen molar-refractivity contribution in [3.05, 3.63) is 40.0 Å². The Balaban J connectivity index is 2.55. The van der Waals surface area contributed by atoms with Crippen LogP contribution in [-0.2, 0) is 9.53 Å². The summed E-state index contributed by atoms with van der Waals surface area (Å²) in [5, 5.41) is 0. The number of hydrogen-bond donors (Lipinski definition) is 1. The molecule has 6 nitrogen and oxygen atoms in total. The topological polar surface area (TPSA) is 81.9 Å². The van der Waals surface area contributed by atoms with Gasteiger partial charge in [-0.2, -0.15) is 0 Å². The summed E-state index contributed by atoms with van der Waals surface area (Å²) in [5.41, 5.74) is 5.04. The third-order valence-corrected chi connectivity index (χ3v) is 3.35. The average Bonchev–Trinajstić information content (AvgIpc) is 2.45. The molecule has 1 rings (SSSR count). The highest BCUT2D eigenvalue weighted by atomic mass is 127. The van der Waals surface area contributed by atoms with Crippen LogP contribution in [0.1, 0.15) is 6.42 Å². The van der Waals surface area contributed by atoms with Crippen LogP contribution in [0.15, 0.2) is 36.4 Å². The molecule has 7 heteroatoms. The monoisotopic (exact) mass is 418 g/mol. The van der Waals surface area contributed by atoms with Gasteiger partial charge in [-0.1, -0.05) is 6.08 Å². The minimum Gasteiger partial charge on any atom is -0.490 e. The first kappa shape index (κ1) is 18.3. The third-order valence-electron chi connectivity index (χ3n) is 2.63.